The van der Waals surface area contributed by atoms with E-state index in [9.17, 15) is 4.39 Å². The maximum absolute atomic E-state index is 12.9. The van der Waals surface area contributed by atoms with Gasteiger partial charge in [0.1, 0.15) is 18.2 Å². The summed E-state index contributed by atoms with van der Waals surface area (Å²) in [5, 5.41) is 3.22. The minimum Gasteiger partial charge on any atom is -0.492 e. The Balaban J connectivity index is 1.77. The zero-order chi connectivity index (χ0) is 12.8. The third-order valence-corrected chi connectivity index (χ3v) is 2.65. The zero-order valence-corrected chi connectivity index (χ0v) is 10.5. The number of halogens is 2. The highest BCUT2D eigenvalue weighted by Crippen LogP contribution is 2.19. The summed E-state index contributed by atoms with van der Waals surface area (Å²) in [6, 6.07) is 14.1. The molecular formula is C14H13ClFNO. The third-order valence-electron chi connectivity index (χ3n) is 2.36. The predicted octanol–water partition coefficient (Wildman–Crippen LogP) is 3.97. The van der Waals surface area contributed by atoms with Gasteiger partial charge in [-0.05, 0) is 30.3 Å². The summed E-state index contributed by atoms with van der Waals surface area (Å²) in [6.07, 6.45) is 0. The van der Waals surface area contributed by atoms with E-state index in [4.69, 9.17) is 16.3 Å². The molecule has 0 atom stereocenters. The summed E-state index contributed by atoms with van der Waals surface area (Å²) in [7, 11) is 0. The molecule has 0 aliphatic carbocycles. The molecule has 1 N–H and O–H groups in total. The Hall–Kier alpha value is -1.74. The first-order valence-electron chi connectivity index (χ1n) is 5.62. The Morgan fingerprint density at radius 1 is 1.11 bits per heavy atom. The van der Waals surface area contributed by atoms with Crippen LogP contribution in [0.3, 0.4) is 0 Å². The van der Waals surface area contributed by atoms with E-state index >= 15 is 0 Å². The largest absolute Gasteiger partial charge is 0.492 e. The van der Waals surface area contributed by atoms with Gasteiger partial charge in [0.05, 0.1) is 5.02 Å². The van der Waals surface area contributed by atoms with Gasteiger partial charge in [-0.2, -0.15) is 0 Å². The Kier molecular flexibility index (Phi) is 4.42. The molecule has 0 saturated heterocycles. The van der Waals surface area contributed by atoms with Crippen LogP contribution in [0.15, 0.2) is 48.5 Å². The summed E-state index contributed by atoms with van der Waals surface area (Å²) in [5.74, 6) is 0.416. The van der Waals surface area contributed by atoms with Crippen molar-refractivity contribution in [2.75, 3.05) is 18.5 Å². The molecule has 0 aliphatic heterocycles. The highest BCUT2D eigenvalue weighted by atomic mass is 35.5. The minimum atomic E-state index is -0.414. The topological polar surface area (TPSA) is 21.3 Å². The molecule has 0 heterocycles. The molecule has 0 unspecified atom stereocenters. The van der Waals surface area contributed by atoms with Crippen LogP contribution in [0.5, 0.6) is 5.75 Å². The first kappa shape index (κ1) is 12.7. The van der Waals surface area contributed by atoms with E-state index in [1.165, 1.54) is 6.07 Å². The highest BCUT2D eigenvalue weighted by molar-refractivity contribution is 6.31. The number of ether oxygens (including phenoxy) is 1. The molecule has 2 aromatic rings. The lowest BCUT2D eigenvalue weighted by atomic mass is 10.3. The quantitative estimate of drug-likeness (QED) is 0.826. The van der Waals surface area contributed by atoms with E-state index in [2.05, 4.69) is 5.32 Å². The van der Waals surface area contributed by atoms with Crippen molar-refractivity contribution < 1.29 is 9.13 Å². The van der Waals surface area contributed by atoms with Crippen molar-refractivity contribution in [2.45, 2.75) is 0 Å². The Bertz CT molecular complexity index is 504. The van der Waals surface area contributed by atoms with Crippen molar-refractivity contribution in [1.82, 2.24) is 0 Å². The fraction of sp³-hybridized carbons (Fsp3) is 0.143. The van der Waals surface area contributed by atoms with Crippen molar-refractivity contribution in [3.8, 4) is 5.75 Å². The van der Waals surface area contributed by atoms with Gasteiger partial charge in [-0.3, -0.25) is 0 Å². The van der Waals surface area contributed by atoms with Crippen LogP contribution in [0, 0.1) is 5.82 Å². The molecule has 0 spiro atoms. The third kappa shape index (κ3) is 3.64. The van der Waals surface area contributed by atoms with Gasteiger partial charge in [-0.25, -0.2) is 4.39 Å². The predicted molar refractivity (Wildman–Crippen MR) is 71.8 cm³/mol. The van der Waals surface area contributed by atoms with E-state index < -0.39 is 5.82 Å². The van der Waals surface area contributed by atoms with Gasteiger partial charge in [0, 0.05) is 12.2 Å². The van der Waals surface area contributed by atoms with Crippen LogP contribution in [0.25, 0.3) is 0 Å². The number of nitrogens with one attached hydrogen (secondary N) is 1. The van der Waals surface area contributed by atoms with Gasteiger partial charge < -0.3 is 10.1 Å². The van der Waals surface area contributed by atoms with E-state index in [-0.39, 0.29) is 5.02 Å². The fourth-order valence-electron chi connectivity index (χ4n) is 1.49. The molecular weight excluding hydrogens is 253 g/mol. The second-order valence-corrected chi connectivity index (χ2v) is 4.12. The van der Waals surface area contributed by atoms with E-state index in [1.807, 2.05) is 30.3 Å². The van der Waals surface area contributed by atoms with Crippen LogP contribution in [-0.2, 0) is 0 Å². The maximum atomic E-state index is 12.9. The monoisotopic (exact) mass is 265 g/mol. The molecule has 0 saturated carbocycles. The zero-order valence-electron chi connectivity index (χ0n) is 9.70. The smallest absolute Gasteiger partial charge is 0.141 e. The lowest BCUT2D eigenvalue weighted by Crippen LogP contribution is -2.11. The summed E-state index contributed by atoms with van der Waals surface area (Å²) in [6.45, 7) is 1.15. The average molecular weight is 266 g/mol. The van der Waals surface area contributed by atoms with Crippen molar-refractivity contribution in [3.05, 3.63) is 59.4 Å². The van der Waals surface area contributed by atoms with E-state index in [1.54, 1.807) is 12.1 Å². The van der Waals surface area contributed by atoms with Crippen LogP contribution >= 0.6 is 11.6 Å². The molecule has 2 nitrogen and oxygen atoms in total. The number of benzene rings is 2. The maximum Gasteiger partial charge on any atom is 0.141 e. The van der Waals surface area contributed by atoms with Crippen molar-refractivity contribution in [3.63, 3.8) is 0 Å². The Morgan fingerprint density at radius 3 is 2.61 bits per heavy atom. The molecule has 0 radical (unpaired) electrons. The number of hydrogen-bond acceptors (Lipinski definition) is 2. The molecule has 2 aromatic carbocycles. The van der Waals surface area contributed by atoms with Crippen molar-refractivity contribution in [2.24, 2.45) is 0 Å². The van der Waals surface area contributed by atoms with Gasteiger partial charge in [-0.15, -0.1) is 0 Å². The lowest BCUT2D eigenvalue weighted by molar-refractivity contribution is 0.333. The fourth-order valence-corrected chi connectivity index (χ4v) is 1.67. The molecule has 0 bridgehead atoms. The van der Waals surface area contributed by atoms with Crippen LogP contribution < -0.4 is 10.1 Å². The second kappa shape index (κ2) is 6.26. The standard InChI is InChI=1S/C14H13ClFNO/c15-13-10-11(6-7-14(13)16)17-8-9-18-12-4-2-1-3-5-12/h1-7,10,17H,8-9H2. The lowest BCUT2D eigenvalue weighted by Gasteiger charge is -2.08. The normalized spacial score (nSPS) is 10.1. The summed E-state index contributed by atoms with van der Waals surface area (Å²) in [4.78, 5) is 0. The van der Waals surface area contributed by atoms with E-state index in [0.717, 1.165) is 11.4 Å². The minimum absolute atomic E-state index is 0.115. The molecule has 4 heteroatoms. The van der Waals surface area contributed by atoms with Gasteiger partial charge in [-0.1, -0.05) is 29.8 Å². The molecule has 18 heavy (non-hydrogen) atoms. The van der Waals surface area contributed by atoms with Crippen LogP contribution in [-0.4, -0.2) is 13.2 Å². The first-order valence-corrected chi connectivity index (χ1v) is 6.00. The Morgan fingerprint density at radius 2 is 1.89 bits per heavy atom. The van der Waals surface area contributed by atoms with Crippen LogP contribution in [0.4, 0.5) is 10.1 Å². The van der Waals surface area contributed by atoms with Crippen LogP contribution in [0.2, 0.25) is 5.02 Å². The van der Waals surface area contributed by atoms with Gasteiger partial charge in [0.25, 0.3) is 0 Å². The van der Waals surface area contributed by atoms with Crippen molar-refractivity contribution in [1.29, 1.82) is 0 Å². The highest BCUT2D eigenvalue weighted by Gasteiger charge is 2.00. The SMILES string of the molecule is Fc1ccc(NCCOc2ccccc2)cc1Cl. The molecule has 94 valence electrons. The van der Waals surface area contributed by atoms with E-state index in [0.29, 0.717) is 13.2 Å². The van der Waals surface area contributed by atoms with Gasteiger partial charge in [0.15, 0.2) is 0 Å². The second-order valence-electron chi connectivity index (χ2n) is 3.72. The summed E-state index contributed by atoms with van der Waals surface area (Å²) in [5.41, 5.74) is 0.776. The summed E-state index contributed by atoms with van der Waals surface area (Å²) < 4.78 is 18.4. The number of rotatable bonds is 5. The first-order chi connectivity index (χ1) is 8.75. The summed E-state index contributed by atoms with van der Waals surface area (Å²) >= 11 is 5.68. The number of hydrogen-bond donors (Lipinski definition) is 1. The Labute approximate surface area is 110 Å². The van der Waals surface area contributed by atoms with Crippen molar-refractivity contribution >= 4 is 17.3 Å². The molecule has 0 aromatic heterocycles. The molecule has 0 aliphatic rings. The average Bonchev–Trinajstić information content (AvgIpc) is 2.40. The van der Waals surface area contributed by atoms with Crippen LogP contribution in [0.1, 0.15) is 0 Å². The number of anilines is 1. The van der Waals surface area contributed by atoms with Gasteiger partial charge >= 0.3 is 0 Å². The molecule has 2 rings (SSSR count). The van der Waals surface area contributed by atoms with Gasteiger partial charge in [0.2, 0.25) is 0 Å². The molecule has 0 amide bonds. The number of para-hydroxylation sites is 1. The molecule has 0 fully saturated rings.